The number of fused-ring (bicyclic) bond motifs is 1. The molecule has 0 radical (unpaired) electrons. The Hall–Kier alpha value is -3.55. The van der Waals surface area contributed by atoms with Crippen LogP contribution in [0.15, 0.2) is 49.1 Å². The van der Waals surface area contributed by atoms with Crippen LogP contribution in [0, 0.1) is 0 Å². The fourth-order valence-electron chi connectivity index (χ4n) is 2.18. The molecule has 1 aromatic carbocycles. The van der Waals surface area contributed by atoms with E-state index in [2.05, 4.69) is 30.1 Å². The fourth-order valence-corrected chi connectivity index (χ4v) is 2.18. The highest BCUT2D eigenvalue weighted by Gasteiger charge is 2.13. The highest BCUT2D eigenvalue weighted by molar-refractivity contribution is 5.97. The monoisotopic (exact) mass is 305 g/mol. The molecule has 0 saturated heterocycles. The van der Waals surface area contributed by atoms with E-state index in [-0.39, 0.29) is 6.01 Å². The second kappa shape index (κ2) is 5.34. The van der Waals surface area contributed by atoms with Gasteiger partial charge >= 0.3 is 6.01 Å². The van der Waals surface area contributed by atoms with Gasteiger partial charge < -0.3 is 10.5 Å². The predicted octanol–water partition coefficient (Wildman–Crippen LogP) is 2.18. The Morgan fingerprint density at radius 1 is 0.957 bits per heavy atom. The first-order valence-corrected chi connectivity index (χ1v) is 6.81. The minimum absolute atomic E-state index is 0.257. The quantitative estimate of drug-likeness (QED) is 0.596. The number of nitrogen functional groups attached to an aromatic ring is 1. The van der Waals surface area contributed by atoms with Crippen LogP contribution >= 0.6 is 0 Å². The van der Waals surface area contributed by atoms with Crippen molar-refractivity contribution < 1.29 is 4.74 Å². The number of rotatable bonds is 3. The van der Waals surface area contributed by atoms with Crippen LogP contribution in [0.4, 0.5) is 5.82 Å². The molecular weight excluding hydrogens is 294 g/mol. The van der Waals surface area contributed by atoms with Crippen molar-refractivity contribution in [1.82, 2.24) is 30.1 Å². The Bertz CT molecular complexity index is 951. The van der Waals surface area contributed by atoms with Crippen molar-refractivity contribution in [2.45, 2.75) is 0 Å². The molecule has 0 saturated carbocycles. The van der Waals surface area contributed by atoms with Gasteiger partial charge in [0.15, 0.2) is 5.65 Å². The van der Waals surface area contributed by atoms with Gasteiger partial charge in [0.2, 0.25) is 0 Å². The van der Waals surface area contributed by atoms with Gasteiger partial charge in [-0.3, -0.25) is 5.10 Å². The number of nitrogens with one attached hydrogen (secondary N) is 1. The summed E-state index contributed by atoms with van der Waals surface area (Å²) in [7, 11) is 0. The molecule has 0 amide bonds. The van der Waals surface area contributed by atoms with E-state index in [1.807, 2.05) is 30.3 Å². The third-order valence-corrected chi connectivity index (χ3v) is 3.25. The molecule has 4 rings (SSSR count). The van der Waals surface area contributed by atoms with Crippen molar-refractivity contribution in [3.63, 3.8) is 0 Å². The lowest BCUT2D eigenvalue weighted by atomic mass is 10.2. The molecule has 8 heteroatoms. The smallest absolute Gasteiger partial charge is 0.321 e. The lowest BCUT2D eigenvalue weighted by Gasteiger charge is -2.04. The number of hydrogen-bond donors (Lipinski definition) is 2. The number of ether oxygens (including phenoxy) is 1. The van der Waals surface area contributed by atoms with E-state index < -0.39 is 0 Å². The maximum Gasteiger partial charge on any atom is 0.321 e. The average Bonchev–Trinajstić information content (AvgIpc) is 3.02. The molecule has 3 aromatic heterocycles. The zero-order chi connectivity index (χ0) is 15.6. The molecule has 0 aliphatic carbocycles. The number of anilines is 1. The van der Waals surface area contributed by atoms with Crippen LogP contribution in [0.5, 0.6) is 11.8 Å². The maximum absolute atomic E-state index is 5.89. The first-order chi connectivity index (χ1) is 11.3. The molecule has 112 valence electrons. The van der Waals surface area contributed by atoms with E-state index in [1.54, 1.807) is 12.4 Å². The Morgan fingerprint density at radius 3 is 2.52 bits per heavy atom. The zero-order valence-corrected chi connectivity index (χ0v) is 11.8. The minimum atomic E-state index is 0.257. The van der Waals surface area contributed by atoms with Crippen LogP contribution in [0.25, 0.3) is 22.3 Å². The van der Waals surface area contributed by atoms with E-state index in [0.29, 0.717) is 28.3 Å². The number of benzene rings is 1. The fraction of sp³-hybridized carbons (Fsp3) is 0. The molecule has 0 unspecified atom stereocenters. The van der Waals surface area contributed by atoms with Gasteiger partial charge in [0, 0.05) is 18.0 Å². The van der Waals surface area contributed by atoms with Gasteiger partial charge in [-0.2, -0.15) is 5.10 Å². The molecule has 0 fully saturated rings. The predicted molar refractivity (Wildman–Crippen MR) is 83.6 cm³/mol. The highest BCUT2D eigenvalue weighted by atomic mass is 16.5. The Kier molecular flexibility index (Phi) is 3.05. The van der Waals surface area contributed by atoms with Gasteiger partial charge in [-0.25, -0.2) is 19.9 Å². The Balaban J connectivity index is 1.67. The number of nitrogens with two attached hydrogens (primary N) is 1. The van der Waals surface area contributed by atoms with Crippen LogP contribution < -0.4 is 10.5 Å². The summed E-state index contributed by atoms with van der Waals surface area (Å²) in [6, 6.07) is 9.59. The molecular formula is C15H11N7O. The highest BCUT2D eigenvalue weighted by Crippen LogP contribution is 2.28. The lowest BCUT2D eigenvalue weighted by molar-refractivity contribution is 0.442. The molecule has 23 heavy (non-hydrogen) atoms. The van der Waals surface area contributed by atoms with Gasteiger partial charge in [0.1, 0.15) is 17.9 Å². The molecule has 0 aliphatic rings. The summed E-state index contributed by atoms with van der Waals surface area (Å²) in [4.78, 5) is 16.5. The van der Waals surface area contributed by atoms with Crippen LogP contribution in [0.1, 0.15) is 0 Å². The number of aromatic nitrogens is 6. The summed E-state index contributed by atoms with van der Waals surface area (Å²) in [6.45, 7) is 0. The topological polar surface area (TPSA) is 115 Å². The van der Waals surface area contributed by atoms with Gasteiger partial charge in [-0.05, 0) is 12.1 Å². The minimum Gasteiger partial charge on any atom is -0.424 e. The van der Waals surface area contributed by atoms with Gasteiger partial charge in [0.25, 0.3) is 0 Å². The zero-order valence-electron chi connectivity index (χ0n) is 11.8. The molecule has 0 spiro atoms. The normalized spacial score (nSPS) is 10.8. The second-order valence-corrected chi connectivity index (χ2v) is 4.73. The van der Waals surface area contributed by atoms with E-state index in [1.165, 1.54) is 6.33 Å². The standard InChI is InChI=1S/C15H11N7O/c16-13-11-12(21-22-14(11)20-8-19-13)9-6-17-15(18-7-9)23-10-4-2-1-3-5-10/h1-8H,(H3,16,19,20,21,22). The second-order valence-electron chi connectivity index (χ2n) is 4.73. The van der Waals surface area contributed by atoms with Crippen molar-refractivity contribution in [2.24, 2.45) is 0 Å². The number of hydrogen-bond acceptors (Lipinski definition) is 7. The molecule has 8 nitrogen and oxygen atoms in total. The number of H-pyrrole nitrogens is 1. The van der Waals surface area contributed by atoms with Crippen LogP contribution in [-0.4, -0.2) is 30.1 Å². The molecule has 3 heterocycles. The molecule has 0 bridgehead atoms. The summed E-state index contributed by atoms with van der Waals surface area (Å²) in [5.74, 6) is 1.02. The lowest BCUT2D eigenvalue weighted by Crippen LogP contribution is -1.94. The Morgan fingerprint density at radius 2 is 1.74 bits per heavy atom. The van der Waals surface area contributed by atoms with Crippen LogP contribution in [0.3, 0.4) is 0 Å². The molecule has 0 aliphatic heterocycles. The number of nitrogens with zero attached hydrogens (tertiary/aromatic N) is 5. The summed E-state index contributed by atoms with van der Waals surface area (Å²) in [5, 5.41) is 7.64. The van der Waals surface area contributed by atoms with E-state index in [9.17, 15) is 0 Å². The molecule has 4 aromatic rings. The van der Waals surface area contributed by atoms with E-state index in [0.717, 1.165) is 5.56 Å². The summed E-state index contributed by atoms with van der Waals surface area (Å²) in [5.41, 5.74) is 7.78. The summed E-state index contributed by atoms with van der Waals surface area (Å²) < 4.78 is 5.56. The molecule has 3 N–H and O–H groups in total. The summed E-state index contributed by atoms with van der Waals surface area (Å²) in [6.07, 6.45) is 4.63. The van der Waals surface area contributed by atoms with E-state index >= 15 is 0 Å². The van der Waals surface area contributed by atoms with Crippen LogP contribution in [-0.2, 0) is 0 Å². The third-order valence-electron chi connectivity index (χ3n) is 3.25. The van der Waals surface area contributed by atoms with Crippen molar-refractivity contribution in [2.75, 3.05) is 5.73 Å². The maximum atomic E-state index is 5.89. The first-order valence-electron chi connectivity index (χ1n) is 6.81. The third kappa shape index (κ3) is 2.42. The summed E-state index contributed by atoms with van der Waals surface area (Å²) >= 11 is 0. The SMILES string of the molecule is Nc1ncnc2n[nH]c(-c3cnc(Oc4ccccc4)nc3)c12. The van der Waals surface area contributed by atoms with E-state index in [4.69, 9.17) is 10.5 Å². The average molecular weight is 305 g/mol. The van der Waals surface area contributed by atoms with Gasteiger partial charge in [-0.1, -0.05) is 18.2 Å². The van der Waals surface area contributed by atoms with Crippen molar-refractivity contribution >= 4 is 16.9 Å². The number of para-hydroxylation sites is 1. The largest absolute Gasteiger partial charge is 0.424 e. The Labute approximate surface area is 130 Å². The number of aromatic amines is 1. The first kappa shape index (κ1) is 13.1. The van der Waals surface area contributed by atoms with Crippen LogP contribution in [0.2, 0.25) is 0 Å². The van der Waals surface area contributed by atoms with Crippen molar-refractivity contribution in [3.8, 4) is 23.0 Å². The van der Waals surface area contributed by atoms with Gasteiger partial charge in [-0.15, -0.1) is 0 Å². The van der Waals surface area contributed by atoms with Crippen molar-refractivity contribution in [3.05, 3.63) is 49.1 Å². The van der Waals surface area contributed by atoms with Crippen molar-refractivity contribution in [1.29, 1.82) is 0 Å². The molecule has 0 atom stereocenters. The van der Waals surface area contributed by atoms with Gasteiger partial charge in [0.05, 0.1) is 11.1 Å².